The van der Waals surface area contributed by atoms with Crippen molar-refractivity contribution in [3.8, 4) is 11.5 Å². The van der Waals surface area contributed by atoms with Crippen LogP contribution in [-0.4, -0.2) is 6.04 Å². The third kappa shape index (κ3) is 4.70. The topological polar surface area (TPSA) is 21.3 Å². The molecule has 2 rings (SSSR count). The summed E-state index contributed by atoms with van der Waals surface area (Å²) in [6.07, 6.45) is 0. The van der Waals surface area contributed by atoms with Gasteiger partial charge in [0.15, 0.2) is 0 Å². The average Bonchev–Trinajstić information content (AvgIpc) is 2.43. The van der Waals surface area contributed by atoms with Gasteiger partial charge in [0.25, 0.3) is 0 Å². The van der Waals surface area contributed by atoms with Gasteiger partial charge in [0.1, 0.15) is 17.3 Å². The van der Waals surface area contributed by atoms with Crippen molar-refractivity contribution in [2.75, 3.05) is 0 Å². The third-order valence-corrected chi connectivity index (χ3v) is 3.72. The summed E-state index contributed by atoms with van der Waals surface area (Å²) >= 11 is 9.15. The van der Waals surface area contributed by atoms with Gasteiger partial charge in [-0.1, -0.05) is 25.4 Å². The molecular weight excluding hydrogens is 357 g/mol. The van der Waals surface area contributed by atoms with E-state index >= 15 is 0 Å². The fourth-order valence-electron chi connectivity index (χ4n) is 1.77. The Hall–Kier alpha value is -1.10. The van der Waals surface area contributed by atoms with Crippen LogP contribution < -0.4 is 10.1 Å². The summed E-state index contributed by atoms with van der Waals surface area (Å²) in [6, 6.07) is 10.4. The lowest BCUT2D eigenvalue weighted by Crippen LogP contribution is -2.22. The molecule has 2 aromatic carbocycles. The molecule has 0 saturated carbocycles. The Morgan fingerprint density at radius 1 is 1.24 bits per heavy atom. The Bertz CT molecular complexity index is 634. The van der Waals surface area contributed by atoms with Gasteiger partial charge in [0, 0.05) is 29.2 Å². The van der Waals surface area contributed by atoms with Gasteiger partial charge in [-0.15, -0.1) is 0 Å². The largest absolute Gasteiger partial charge is 0.457 e. The van der Waals surface area contributed by atoms with Gasteiger partial charge in [0.2, 0.25) is 0 Å². The molecule has 21 heavy (non-hydrogen) atoms. The van der Waals surface area contributed by atoms with Gasteiger partial charge < -0.3 is 10.1 Å². The van der Waals surface area contributed by atoms with Crippen molar-refractivity contribution in [3.05, 3.63) is 57.3 Å². The zero-order valence-corrected chi connectivity index (χ0v) is 14.1. The van der Waals surface area contributed by atoms with Crippen LogP contribution in [0.1, 0.15) is 19.4 Å². The second kappa shape index (κ2) is 7.25. The van der Waals surface area contributed by atoms with Crippen molar-refractivity contribution >= 4 is 27.5 Å². The molecule has 0 fully saturated rings. The maximum absolute atomic E-state index is 13.5. The number of nitrogens with one attached hydrogen (secondary N) is 1. The van der Waals surface area contributed by atoms with Gasteiger partial charge in [-0.05, 0) is 46.3 Å². The van der Waals surface area contributed by atoms with Crippen LogP contribution in [0.3, 0.4) is 0 Å². The summed E-state index contributed by atoms with van der Waals surface area (Å²) in [6.45, 7) is 4.76. The SMILES string of the molecule is CC(C)NCc1cc(Cl)ccc1Oc1ccc(Br)c(F)c1. The van der Waals surface area contributed by atoms with Crippen molar-refractivity contribution < 1.29 is 9.13 Å². The lowest BCUT2D eigenvalue weighted by molar-refractivity contribution is 0.464. The van der Waals surface area contributed by atoms with Crippen LogP contribution >= 0.6 is 27.5 Å². The Morgan fingerprint density at radius 3 is 2.67 bits per heavy atom. The molecule has 0 aliphatic rings. The van der Waals surface area contributed by atoms with Crippen molar-refractivity contribution in [2.24, 2.45) is 0 Å². The summed E-state index contributed by atoms with van der Waals surface area (Å²) in [7, 11) is 0. The number of rotatable bonds is 5. The summed E-state index contributed by atoms with van der Waals surface area (Å²) < 4.78 is 19.7. The molecule has 0 amide bonds. The van der Waals surface area contributed by atoms with E-state index in [1.165, 1.54) is 6.07 Å². The second-order valence-corrected chi connectivity index (χ2v) is 6.26. The van der Waals surface area contributed by atoms with E-state index in [0.29, 0.717) is 33.6 Å². The predicted molar refractivity (Wildman–Crippen MR) is 87.6 cm³/mol. The highest BCUT2D eigenvalue weighted by atomic mass is 79.9. The molecule has 112 valence electrons. The molecule has 1 N–H and O–H groups in total. The summed E-state index contributed by atoms with van der Waals surface area (Å²) in [5, 5.41) is 3.96. The zero-order chi connectivity index (χ0) is 15.4. The predicted octanol–water partition coefficient (Wildman–Crippen LogP) is 5.53. The molecule has 0 bridgehead atoms. The first-order valence-corrected chi connectivity index (χ1v) is 7.77. The Kier molecular flexibility index (Phi) is 5.62. The molecule has 0 saturated heterocycles. The summed E-state index contributed by atoms with van der Waals surface area (Å²) in [4.78, 5) is 0. The second-order valence-electron chi connectivity index (χ2n) is 4.97. The van der Waals surface area contributed by atoms with Crippen molar-refractivity contribution in [3.63, 3.8) is 0 Å². The van der Waals surface area contributed by atoms with Crippen molar-refractivity contribution in [1.82, 2.24) is 5.32 Å². The summed E-state index contributed by atoms with van der Waals surface area (Å²) in [5.41, 5.74) is 0.930. The van der Waals surface area contributed by atoms with Gasteiger partial charge >= 0.3 is 0 Å². The van der Waals surface area contributed by atoms with Crippen LogP contribution in [0.4, 0.5) is 4.39 Å². The lowest BCUT2D eigenvalue weighted by atomic mass is 10.2. The first-order chi connectivity index (χ1) is 9.95. The van der Waals surface area contributed by atoms with E-state index in [0.717, 1.165) is 5.56 Å². The summed E-state index contributed by atoms with van der Waals surface area (Å²) in [5.74, 6) is 0.751. The number of benzene rings is 2. The normalized spacial score (nSPS) is 11.0. The molecule has 0 aliphatic carbocycles. The minimum atomic E-state index is -0.358. The van der Waals surface area contributed by atoms with Crippen LogP contribution in [0.15, 0.2) is 40.9 Å². The van der Waals surface area contributed by atoms with E-state index in [2.05, 4.69) is 35.1 Å². The fraction of sp³-hybridized carbons (Fsp3) is 0.250. The van der Waals surface area contributed by atoms with Crippen LogP contribution in [0, 0.1) is 5.82 Å². The number of hydrogen-bond acceptors (Lipinski definition) is 2. The van der Waals surface area contributed by atoms with Crippen molar-refractivity contribution in [2.45, 2.75) is 26.4 Å². The van der Waals surface area contributed by atoms with E-state index in [-0.39, 0.29) is 5.82 Å². The van der Waals surface area contributed by atoms with Crippen LogP contribution in [0.5, 0.6) is 11.5 Å². The Morgan fingerprint density at radius 2 is 2.00 bits per heavy atom. The number of ether oxygens (including phenoxy) is 1. The molecule has 2 aromatic rings. The first-order valence-electron chi connectivity index (χ1n) is 6.60. The van der Waals surface area contributed by atoms with Gasteiger partial charge in [0.05, 0.1) is 4.47 Å². The average molecular weight is 373 g/mol. The van der Waals surface area contributed by atoms with E-state index in [1.807, 2.05) is 6.07 Å². The highest BCUT2D eigenvalue weighted by Crippen LogP contribution is 2.30. The number of halogens is 3. The Labute approximate surface area is 137 Å². The highest BCUT2D eigenvalue weighted by molar-refractivity contribution is 9.10. The maximum Gasteiger partial charge on any atom is 0.141 e. The van der Waals surface area contributed by atoms with E-state index in [9.17, 15) is 4.39 Å². The minimum Gasteiger partial charge on any atom is -0.457 e. The number of hydrogen-bond donors (Lipinski definition) is 1. The Balaban J connectivity index is 2.23. The van der Waals surface area contributed by atoms with Crippen LogP contribution in [0.2, 0.25) is 5.02 Å². The third-order valence-electron chi connectivity index (χ3n) is 2.84. The molecule has 0 aliphatic heterocycles. The molecule has 0 heterocycles. The van der Waals surface area contributed by atoms with E-state index in [1.54, 1.807) is 24.3 Å². The van der Waals surface area contributed by atoms with E-state index < -0.39 is 0 Å². The lowest BCUT2D eigenvalue weighted by Gasteiger charge is -2.14. The van der Waals surface area contributed by atoms with Crippen molar-refractivity contribution in [1.29, 1.82) is 0 Å². The standard InChI is InChI=1S/C16H16BrClFNO/c1-10(2)20-9-11-7-12(18)3-6-16(11)21-13-4-5-14(17)15(19)8-13/h3-8,10,20H,9H2,1-2H3. The first kappa shape index (κ1) is 16.3. The van der Waals surface area contributed by atoms with Gasteiger partial charge in [-0.3, -0.25) is 0 Å². The van der Waals surface area contributed by atoms with Gasteiger partial charge in [-0.2, -0.15) is 0 Å². The smallest absolute Gasteiger partial charge is 0.141 e. The highest BCUT2D eigenvalue weighted by Gasteiger charge is 2.08. The molecule has 0 atom stereocenters. The quantitative estimate of drug-likeness (QED) is 0.745. The van der Waals surface area contributed by atoms with E-state index in [4.69, 9.17) is 16.3 Å². The zero-order valence-electron chi connectivity index (χ0n) is 11.8. The molecule has 0 aromatic heterocycles. The monoisotopic (exact) mass is 371 g/mol. The molecule has 5 heteroatoms. The molecule has 0 radical (unpaired) electrons. The van der Waals surface area contributed by atoms with Crippen LogP contribution in [0.25, 0.3) is 0 Å². The maximum atomic E-state index is 13.5. The molecule has 2 nitrogen and oxygen atoms in total. The minimum absolute atomic E-state index is 0.349. The molecule has 0 unspecified atom stereocenters. The van der Waals surface area contributed by atoms with Gasteiger partial charge in [-0.25, -0.2) is 4.39 Å². The molecule has 0 spiro atoms. The molecular formula is C16H16BrClFNO. The fourth-order valence-corrected chi connectivity index (χ4v) is 2.21. The van der Waals surface area contributed by atoms with Crippen LogP contribution in [-0.2, 0) is 6.54 Å².